The van der Waals surface area contributed by atoms with E-state index in [0.29, 0.717) is 0 Å². The second-order valence-corrected chi connectivity index (χ2v) is 38.2. The highest BCUT2D eigenvalue weighted by atomic mass is 32.1. The van der Waals surface area contributed by atoms with Crippen molar-refractivity contribution in [1.29, 1.82) is 0 Å². The van der Waals surface area contributed by atoms with Crippen LogP contribution in [0.4, 0.5) is 0 Å². The fourth-order valence-corrected chi connectivity index (χ4v) is 25.0. The zero-order valence-corrected chi connectivity index (χ0v) is 73.0. The van der Waals surface area contributed by atoms with E-state index in [2.05, 4.69) is 413 Å². The third-order valence-electron chi connectivity index (χ3n) is 26.5. The predicted octanol–water partition coefficient (Wildman–Crippen LogP) is 36.7. The molecular weight excluding hydrogens is 1650 g/mol. The molecule has 0 radical (unpaired) electrons. The van der Waals surface area contributed by atoms with Crippen molar-refractivity contribution in [1.82, 2.24) is 9.97 Å². The Balaban J connectivity index is 0.000000134. The molecule has 604 valence electrons. The molecular formula is C122H70N2O2S4. The second-order valence-electron chi connectivity index (χ2n) is 33.9. The molecule has 20 aromatic carbocycles. The zero-order valence-electron chi connectivity index (χ0n) is 69.8. The summed E-state index contributed by atoms with van der Waals surface area (Å²) in [4.78, 5) is 10.9. The van der Waals surface area contributed by atoms with Gasteiger partial charge in [-0.1, -0.05) is 291 Å². The molecule has 8 heteroatoms. The first-order valence-electron chi connectivity index (χ1n) is 44.0. The third kappa shape index (κ3) is 12.1. The molecule has 0 fully saturated rings. The third-order valence-corrected chi connectivity index (χ3v) is 31.1. The van der Waals surface area contributed by atoms with Gasteiger partial charge in [-0.3, -0.25) is 0 Å². The maximum absolute atomic E-state index is 6.66. The highest BCUT2D eigenvalue weighted by Crippen LogP contribution is 2.52. The first-order valence-corrected chi connectivity index (χ1v) is 47.3. The van der Waals surface area contributed by atoms with E-state index in [-0.39, 0.29) is 0 Å². The number of pyridine rings is 2. The lowest BCUT2D eigenvalue weighted by atomic mass is 9.89. The van der Waals surface area contributed by atoms with Gasteiger partial charge in [-0.2, -0.15) is 0 Å². The largest absolute Gasteiger partial charge is 0.456 e. The van der Waals surface area contributed by atoms with Crippen molar-refractivity contribution in [2.24, 2.45) is 0 Å². The van der Waals surface area contributed by atoms with Gasteiger partial charge in [0.2, 0.25) is 0 Å². The molecule has 0 spiro atoms. The maximum Gasteiger partial charge on any atom is 0.136 e. The molecule has 130 heavy (non-hydrogen) atoms. The Bertz CT molecular complexity index is 9300. The fraction of sp³-hybridized carbons (Fsp3) is 0. The van der Waals surface area contributed by atoms with Crippen molar-refractivity contribution < 1.29 is 8.83 Å². The van der Waals surface area contributed by atoms with Crippen molar-refractivity contribution in [3.8, 4) is 112 Å². The minimum Gasteiger partial charge on any atom is -0.456 e. The van der Waals surface area contributed by atoms with E-state index in [0.717, 1.165) is 121 Å². The van der Waals surface area contributed by atoms with Gasteiger partial charge < -0.3 is 8.83 Å². The van der Waals surface area contributed by atoms with E-state index < -0.39 is 0 Å². The summed E-state index contributed by atoms with van der Waals surface area (Å²) in [6, 6.07) is 155. The summed E-state index contributed by atoms with van der Waals surface area (Å²) in [6.45, 7) is 0. The summed E-state index contributed by atoms with van der Waals surface area (Å²) in [5.74, 6) is 0. The van der Waals surface area contributed by atoms with Crippen molar-refractivity contribution in [3.05, 3.63) is 425 Å². The smallest absolute Gasteiger partial charge is 0.136 e. The van der Waals surface area contributed by atoms with E-state index in [1.54, 1.807) is 0 Å². The summed E-state index contributed by atoms with van der Waals surface area (Å²) in [7, 11) is 0. The van der Waals surface area contributed by atoms with E-state index >= 15 is 0 Å². The van der Waals surface area contributed by atoms with Gasteiger partial charge in [0.25, 0.3) is 0 Å². The van der Waals surface area contributed by atoms with Crippen LogP contribution in [0.15, 0.2) is 433 Å². The number of hydrogen-bond acceptors (Lipinski definition) is 8. The minimum absolute atomic E-state index is 0.860. The fourth-order valence-electron chi connectivity index (χ4n) is 20.6. The van der Waals surface area contributed by atoms with Gasteiger partial charge in [-0.25, -0.2) is 9.97 Å². The Morgan fingerprint density at radius 2 is 0.462 bits per heavy atom. The number of thiophene rings is 4. The van der Waals surface area contributed by atoms with E-state index in [4.69, 9.17) is 18.8 Å². The number of aromatic nitrogens is 2. The molecule has 0 aliphatic heterocycles. The number of furan rings is 2. The van der Waals surface area contributed by atoms with E-state index in [1.165, 1.54) is 158 Å². The topological polar surface area (TPSA) is 52.1 Å². The number of para-hydroxylation sites is 4. The lowest BCUT2D eigenvalue weighted by Crippen LogP contribution is -1.93. The van der Waals surface area contributed by atoms with E-state index in [1.807, 2.05) is 57.5 Å². The molecule has 0 aliphatic rings. The van der Waals surface area contributed by atoms with Gasteiger partial charge in [0.1, 0.15) is 22.3 Å². The molecule has 0 unspecified atom stereocenters. The molecule has 0 N–H and O–H groups in total. The van der Waals surface area contributed by atoms with Gasteiger partial charge in [-0.15, -0.1) is 45.3 Å². The normalized spacial score (nSPS) is 12.0. The summed E-state index contributed by atoms with van der Waals surface area (Å²) in [6.07, 6.45) is 0. The lowest BCUT2D eigenvalue weighted by molar-refractivity contribution is 0.669. The Morgan fingerprint density at radius 3 is 0.892 bits per heavy atom. The standard InChI is InChI=1S/2C61H35NOS2/c1-2-14-37(15-3-1)56-59-44-16-4-8-22-49(44)62-61(48(59)35-51-60(56)45-17-5-9-23-50(45)63-51)38-30-28-36(29-31-38)39-32-40(42-20-12-26-54-57(42)46-18-6-10-24-52(46)64-54)34-41(33-39)43-21-13-27-55-58(43)47-19-7-11-25-53(47)65-55;1-2-12-37(13-3-1)58-59-46-16-4-8-18-51(46)62-61(50(59)35-53-60(58)47-17-5-9-19-52(47)63-53)38-24-22-36(23-25-38)41-30-42(39-26-28-56-48(33-39)44-14-6-10-20-54(44)64-56)32-43(31-41)40-27-29-57-49(34-40)45-15-7-11-21-55(45)65-57/h2*1-35H. The van der Waals surface area contributed by atoms with Crippen LogP contribution in [-0.2, 0) is 0 Å². The molecule has 8 aromatic heterocycles. The molecule has 0 bridgehead atoms. The predicted molar refractivity (Wildman–Crippen MR) is 559 cm³/mol. The van der Waals surface area contributed by atoms with Crippen molar-refractivity contribution >= 4 is 213 Å². The van der Waals surface area contributed by atoms with E-state index in [9.17, 15) is 0 Å². The number of rotatable bonds is 10. The second kappa shape index (κ2) is 29.9. The average molecular weight is 1720 g/mol. The first kappa shape index (κ1) is 74.5. The van der Waals surface area contributed by atoms with Gasteiger partial charge in [0, 0.05) is 157 Å². The molecule has 0 saturated carbocycles. The summed E-state index contributed by atoms with van der Waals surface area (Å²) < 4.78 is 23.8. The van der Waals surface area contributed by atoms with Crippen molar-refractivity contribution in [2.45, 2.75) is 0 Å². The molecule has 8 heterocycles. The number of fused-ring (bicyclic) bond motifs is 24. The zero-order chi connectivity index (χ0) is 85.2. The highest BCUT2D eigenvalue weighted by Gasteiger charge is 2.27. The van der Waals surface area contributed by atoms with Gasteiger partial charge >= 0.3 is 0 Å². The molecule has 0 saturated heterocycles. The van der Waals surface area contributed by atoms with Crippen LogP contribution in [-0.4, -0.2) is 9.97 Å². The Kier molecular flexibility index (Phi) is 17.2. The summed E-state index contributed by atoms with van der Waals surface area (Å²) >= 11 is 7.46. The Labute approximate surface area is 762 Å². The van der Waals surface area contributed by atoms with Gasteiger partial charge in [-0.05, 0) is 211 Å². The minimum atomic E-state index is 0.860. The number of hydrogen-bond donors (Lipinski definition) is 0. The number of nitrogens with zero attached hydrogens (tertiary/aromatic N) is 2. The van der Waals surface area contributed by atoms with Crippen molar-refractivity contribution in [3.63, 3.8) is 0 Å². The quantitative estimate of drug-likeness (QED) is 0.128. The molecule has 28 aromatic rings. The van der Waals surface area contributed by atoms with Gasteiger partial charge in [0.05, 0.1) is 22.4 Å². The molecule has 28 rings (SSSR count). The van der Waals surface area contributed by atoms with Crippen LogP contribution in [0.1, 0.15) is 0 Å². The Hall–Kier alpha value is -15.8. The molecule has 0 aliphatic carbocycles. The SMILES string of the molecule is c1ccc(-c2c3c(cc4c(-c5ccc(-c6cc(-c7ccc8sc9ccccc9c8c7)cc(-c7ccc8sc9ccccc9c8c7)c6)cc5)nc5ccccc5c24)oc2ccccc23)cc1.c1ccc(-c2c3c(cc4c(-c5ccc(-c6cc(-c7cccc8sc9ccccc9c78)cc(-c7cccc8sc9ccccc9c78)c6)cc5)nc5ccccc5c24)oc2ccccc23)cc1. The van der Waals surface area contributed by atoms with Crippen LogP contribution in [0.25, 0.3) is 279 Å². The van der Waals surface area contributed by atoms with Crippen LogP contribution in [0, 0.1) is 0 Å². The monoisotopic (exact) mass is 1720 g/mol. The first-order chi connectivity index (χ1) is 64.4. The van der Waals surface area contributed by atoms with Crippen LogP contribution >= 0.6 is 45.3 Å². The maximum atomic E-state index is 6.66. The summed E-state index contributed by atoms with van der Waals surface area (Å²) in [5.41, 5.74) is 28.4. The van der Waals surface area contributed by atoms with Gasteiger partial charge in [0.15, 0.2) is 0 Å². The number of benzene rings is 20. The molecule has 0 amide bonds. The van der Waals surface area contributed by atoms with Crippen LogP contribution in [0.5, 0.6) is 0 Å². The van der Waals surface area contributed by atoms with Crippen LogP contribution in [0.2, 0.25) is 0 Å². The Morgan fingerprint density at radius 1 is 0.154 bits per heavy atom. The highest BCUT2D eigenvalue weighted by molar-refractivity contribution is 7.27. The summed E-state index contributed by atoms with van der Waals surface area (Å²) in [5, 5.41) is 21.7. The van der Waals surface area contributed by atoms with Crippen molar-refractivity contribution in [2.75, 3.05) is 0 Å². The van der Waals surface area contributed by atoms with Crippen LogP contribution in [0.3, 0.4) is 0 Å². The average Bonchev–Trinajstić information content (AvgIpc) is 1.46. The molecule has 4 nitrogen and oxygen atoms in total. The lowest BCUT2D eigenvalue weighted by Gasteiger charge is -2.16. The van der Waals surface area contributed by atoms with Crippen LogP contribution < -0.4 is 0 Å². The molecule has 0 atom stereocenters.